The number of pyridine rings is 1. The molecule has 0 unspecified atom stereocenters. The predicted molar refractivity (Wildman–Crippen MR) is 76.1 cm³/mol. The van der Waals surface area contributed by atoms with E-state index in [-0.39, 0.29) is 5.41 Å². The molecule has 0 aliphatic rings. The first-order valence-electron chi connectivity index (χ1n) is 6.61. The Labute approximate surface area is 109 Å². The number of rotatable bonds is 3. The number of hydrogen-bond acceptors (Lipinski definition) is 2. The maximum absolute atomic E-state index is 10.2. The van der Waals surface area contributed by atoms with Gasteiger partial charge in [0.15, 0.2) is 0 Å². The van der Waals surface area contributed by atoms with Gasteiger partial charge in [-0.2, -0.15) is 0 Å². The van der Waals surface area contributed by atoms with Crippen molar-refractivity contribution in [1.82, 2.24) is 4.98 Å². The Morgan fingerprint density at radius 2 is 1.89 bits per heavy atom. The first-order chi connectivity index (χ1) is 8.47. The van der Waals surface area contributed by atoms with Crippen molar-refractivity contribution in [2.45, 2.75) is 46.0 Å². The normalized spacial score (nSPS) is 12.0. The minimum Gasteiger partial charge on any atom is -0.506 e. The zero-order chi connectivity index (χ0) is 13.3. The fourth-order valence-corrected chi connectivity index (χ4v) is 2.10. The van der Waals surface area contributed by atoms with E-state index in [9.17, 15) is 5.11 Å². The van der Waals surface area contributed by atoms with E-state index < -0.39 is 0 Å². The summed E-state index contributed by atoms with van der Waals surface area (Å²) in [6, 6.07) is 8.09. The van der Waals surface area contributed by atoms with Crippen LogP contribution in [0.3, 0.4) is 0 Å². The molecule has 0 aliphatic heterocycles. The van der Waals surface area contributed by atoms with Gasteiger partial charge in [0, 0.05) is 10.8 Å². The fourth-order valence-electron chi connectivity index (χ4n) is 2.10. The van der Waals surface area contributed by atoms with Crippen LogP contribution in [-0.4, -0.2) is 10.1 Å². The van der Waals surface area contributed by atoms with Crippen LogP contribution in [0.2, 0.25) is 0 Å². The molecular formula is C16H21NO. The Balaban J connectivity index is 2.63. The molecule has 0 amide bonds. The first kappa shape index (κ1) is 12.9. The van der Waals surface area contributed by atoms with E-state index in [1.165, 1.54) is 5.56 Å². The number of hydrogen-bond donors (Lipinski definition) is 1. The summed E-state index contributed by atoms with van der Waals surface area (Å²) in [4.78, 5) is 4.64. The number of nitrogens with zero attached hydrogens (tertiary/aromatic N) is 1. The lowest BCUT2D eigenvalue weighted by atomic mass is 9.85. The number of benzene rings is 1. The quantitative estimate of drug-likeness (QED) is 0.876. The predicted octanol–water partition coefficient (Wildman–Crippen LogP) is 4.19. The fraction of sp³-hybridized carbons (Fsp3) is 0.438. The highest BCUT2D eigenvalue weighted by Crippen LogP contribution is 2.34. The molecule has 1 aromatic carbocycles. The minimum absolute atomic E-state index is 0.0955. The van der Waals surface area contributed by atoms with Gasteiger partial charge in [0.25, 0.3) is 0 Å². The Morgan fingerprint density at radius 3 is 2.50 bits per heavy atom. The molecule has 0 aliphatic carbocycles. The van der Waals surface area contributed by atoms with Crippen LogP contribution >= 0.6 is 0 Å². The van der Waals surface area contributed by atoms with E-state index in [0.29, 0.717) is 5.75 Å². The molecule has 0 saturated heterocycles. The lowest BCUT2D eigenvalue weighted by Crippen LogP contribution is -2.17. The summed E-state index contributed by atoms with van der Waals surface area (Å²) in [5.74, 6) is 0.308. The van der Waals surface area contributed by atoms with Gasteiger partial charge >= 0.3 is 0 Å². The van der Waals surface area contributed by atoms with E-state index in [1.54, 1.807) is 0 Å². The third kappa shape index (κ3) is 2.20. The van der Waals surface area contributed by atoms with Crippen molar-refractivity contribution in [3.8, 4) is 5.75 Å². The van der Waals surface area contributed by atoms with Gasteiger partial charge in [-0.3, -0.25) is 0 Å². The average molecular weight is 243 g/mol. The summed E-state index contributed by atoms with van der Waals surface area (Å²) in [5.41, 5.74) is 2.93. The van der Waals surface area contributed by atoms with Crippen LogP contribution in [0.1, 0.15) is 45.4 Å². The van der Waals surface area contributed by atoms with E-state index >= 15 is 0 Å². The summed E-state index contributed by atoms with van der Waals surface area (Å²) in [6.45, 7) is 8.47. The molecule has 2 aromatic rings. The largest absolute Gasteiger partial charge is 0.506 e. The van der Waals surface area contributed by atoms with Crippen molar-refractivity contribution in [3.63, 3.8) is 0 Å². The van der Waals surface area contributed by atoms with Gasteiger partial charge in [-0.25, -0.2) is 4.98 Å². The molecule has 0 radical (unpaired) electrons. The zero-order valence-electron chi connectivity index (χ0n) is 11.6. The molecule has 2 rings (SSSR count). The molecule has 2 nitrogen and oxygen atoms in total. The maximum atomic E-state index is 10.2. The molecule has 2 heteroatoms. The smallest absolute Gasteiger partial charge is 0.138 e. The van der Waals surface area contributed by atoms with Crippen molar-refractivity contribution in [3.05, 3.63) is 35.5 Å². The lowest BCUT2D eigenvalue weighted by Gasteiger charge is -2.23. The van der Waals surface area contributed by atoms with E-state index in [4.69, 9.17) is 0 Å². The van der Waals surface area contributed by atoms with Crippen LogP contribution in [0.15, 0.2) is 24.3 Å². The molecule has 0 saturated carbocycles. The van der Waals surface area contributed by atoms with Crippen molar-refractivity contribution in [2.24, 2.45) is 0 Å². The van der Waals surface area contributed by atoms with Crippen LogP contribution in [0.25, 0.3) is 10.9 Å². The lowest BCUT2D eigenvalue weighted by molar-refractivity contribution is 0.419. The third-order valence-corrected chi connectivity index (χ3v) is 3.79. The van der Waals surface area contributed by atoms with Gasteiger partial charge in [-0.1, -0.05) is 33.8 Å². The van der Waals surface area contributed by atoms with Crippen LogP contribution in [0.4, 0.5) is 0 Å². The van der Waals surface area contributed by atoms with Gasteiger partial charge in [0.05, 0.1) is 11.2 Å². The Hall–Kier alpha value is -1.57. The monoisotopic (exact) mass is 243 g/mol. The van der Waals surface area contributed by atoms with Gasteiger partial charge in [-0.15, -0.1) is 0 Å². The molecule has 0 atom stereocenters. The van der Waals surface area contributed by atoms with Crippen LogP contribution in [0.5, 0.6) is 5.75 Å². The van der Waals surface area contributed by atoms with Crippen LogP contribution in [0, 0.1) is 0 Å². The molecule has 0 spiro atoms. The van der Waals surface area contributed by atoms with Crippen LogP contribution in [-0.2, 0) is 11.8 Å². The Morgan fingerprint density at radius 1 is 1.17 bits per heavy atom. The molecule has 0 fully saturated rings. The number of aromatic hydroxyl groups is 1. The van der Waals surface area contributed by atoms with E-state index in [2.05, 4.69) is 44.8 Å². The van der Waals surface area contributed by atoms with Gasteiger partial charge in [0.1, 0.15) is 5.75 Å². The summed E-state index contributed by atoms with van der Waals surface area (Å²) in [7, 11) is 0. The molecule has 1 N–H and O–H groups in total. The van der Waals surface area contributed by atoms with Crippen molar-refractivity contribution < 1.29 is 5.11 Å². The first-order valence-corrected chi connectivity index (χ1v) is 6.61. The van der Waals surface area contributed by atoms with E-state index in [0.717, 1.165) is 29.4 Å². The minimum atomic E-state index is -0.0955. The van der Waals surface area contributed by atoms with Crippen LogP contribution < -0.4 is 0 Å². The highest BCUT2D eigenvalue weighted by atomic mass is 16.3. The summed E-state index contributed by atoms with van der Waals surface area (Å²) < 4.78 is 0. The number of fused-ring (bicyclic) bond motifs is 1. The molecular weight excluding hydrogens is 222 g/mol. The molecule has 96 valence electrons. The highest BCUT2D eigenvalue weighted by Gasteiger charge is 2.24. The third-order valence-electron chi connectivity index (χ3n) is 3.79. The highest BCUT2D eigenvalue weighted by molar-refractivity contribution is 5.81. The second kappa shape index (κ2) is 4.60. The van der Waals surface area contributed by atoms with Crippen molar-refractivity contribution in [1.29, 1.82) is 0 Å². The molecule has 0 bridgehead atoms. The zero-order valence-corrected chi connectivity index (χ0v) is 11.6. The number of aromatic nitrogens is 1. The second-order valence-electron chi connectivity index (χ2n) is 5.47. The van der Waals surface area contributed by atoms with Crippen molar-refractivity contribution >= 4 is 10.9 Å². The maximum Gasteiger partial charge on any atom is 0.138 e. The van der Waals surface area contributed by atoms with Gasteiger partial charge in [0.2, 0.25) is 0 Å². The summed E-state index contributed by atoms with van der Waals surface area (Å²) in [6.07, 6.45) is 1.95. The Bertz CT molecular complexity index is 573. The number of aryl methyl sites for hydroxylation is 1. The Kier molecular flexibility index (Phi) is 3.29. The molecule has 1 aromatic heterocycles. The molecule has 1 heterocycles. The topological polar surface area (TPSA) is 33.1 Å². The molecule has 18 heavy (non-hydrogen) atoms. The van der Waals surface area contributed by atoms with Crippen molar-refractivity contribution in [2.75, 3.05) is 0 Å². The summed E-state index contributed by atoms with van der Waals surface area (Å²) in [5, 5.41) is 11.2. The second-order valence-corrected chi connectivity index (χ2v) is 5.47. The van der Waals surface area contributed by atoms with Gasteiger partial charge in [-0.05, 0) is 36.6 Å². The standard InChI is InChI=1S/C16H21NO/c1-5-11-7-8-13-12(9-11)10-14(18)15(17-13)16(3,4)6-2/h7-10,18H,5-6H2,1-4H3. The average Bonchev–Trinajstić information content (AvgIpc) is 2.37. The van der Waals surface area contributed by atoms with E-state index in [1.807, 2.05) is 12.1 Å². The summed E-state index contributed by atoms with van der Waals surface area (Å²) >= 11 is 0. The SMILES string of the molecule is CCc1ccc2nc(C(C)(C)CC)c(O)cc2c1. The van der Waals surface area contributed by atoms with Gasteiger partial charge < -0.3 is 5.11 Å².